The predicted molar refractivity (Wildman–Crippen MR) is 81.3 cm³/mol. The van der Waals surface area contributed by atoms with Gasteiger partial charge in [0, 0.05) is 6.20 Å². The van der Waals surface area contributed by atoms with Gasteiger partial charge in [0.2, 0.25) is 6.79 Å². The van der Waals surface area contributed by atoms with Crippen molar-refractivity contribution in [3.63, 3.8) is 0 Å². The first-order chi connectivity index (χ1) is 10.2. The number of nitrogens with one attached hydrogen (secondary N) is 1. The molecule has 0 amide bonds. The monoisotopic (exact) mass is 299 g/mol. The van der Waals surface area contributed by atoms with Crippen LogP contribution in [-0.4, -0.2) is 21.3 Å². The Morgan fingerprint density at radius 3 is 3.05 bits per heavy atom. The lowest BCUT2D eigenvalue weighted by Gasteiger charge is -2.05. The van der Waals surface area contributed by atoms with E-state index in [1.54, 1.807) is 6.20 Å². The maximum Gasteiger partial charge on any atom is 0.231 e. The maximum atomic E-state index is 5.42. The van der Waals surface area contributed by atoms with Crippen LogP contribution in [0.5, 0.6) is 11.5 Å². The molecule has 106 valence electrons. The fourth-order valence-electron chi connectivity index (χ4n) is 2.54. The topological polar surface area (TPSA) is 52.1 Å². The lowest BCUT2D eigenvalue weighted by molar-refractivity contribution is 0.174. The van der Waals surface area contributed by atoms with Gasteiger partial charge in [0.05, 0.1) is 12.1 Å². The van der Waals surface area contributed by atoms with Gasteiger partial charge < -0.3 is 14.5 Å². The number of H-pyrrole nitrogens is 1. The number of benzene rings is 1. The minimum absolute atomic E-state index is 0.284. The van der Waals surface area contributed by atoms with Crippen molar-refractivity contribution in [2.45, 2.75) is 13.5 Å². The third-order valence-corrected chi connectivity index (χ3v) is 3.97. The van der Waals surface area contributed by atoms with Crippen molar-refractivity contribution in [1.29, 1.82) is 0 Å². The highest BCUT2D eigenvalue weighted by Gasteiger charge is 2.14. The molecular formula is C15H13N3O2S. The molecule has 0 atom stereocenters. The Morgan fingerprint density at radius 1 is 1.29 bits per heavy atom. The van der Waals surface area contributed by atoms with E-state index in [0.29, 0.717) is 11.3 Å². The van der Waals surface area contributed by atoms with Crippen LogP contribution in [0.25, 0.3) is 11.2 Å². The molecule has 0 saturated carbocycles. The Labute approximate surface area is 126 Å². The van der Waals surface area contributed by atoms with E-state index in [9.17, 15) is 0 Å². The summed E-state index contributed by atoms with van der Waals surface area (Å²) in [5, 5.41) is 0. The molecule has 0 unspecified atom stereocenters. The van der Waals surface area contributed by atoms with Gasteiger partial charge in [0.25, 0.3) is 0 Å². The SMILES string of the molecule is Cc1ccnc2c1[nH]c(=S)n2Cc1ccc2c(c1)OCO2. The van der Waals surface area contributed by atoms with Crippen LogP contribution in [-0.2, 0) is 6.54 Å². The van der Waals surface area contributed by atoms with Crippen LogP contribution < -0.4 is 9.47 Å². The fraction of sp³-hybridized carbons (Fsp3) is 0.200. The van der Waals surface area contributed by atoms with Crippen molar-refractivity contribution >= 4 is 23.4 Å². The summed E-state index contributed by atoms with van der Waals surface area (Å²) in [4.78, 5) is 7.67. The fourth-order valence-corrected chi connectivity index (χ4v) is 2.80. The summed E-state index contributed by atoms with van der Waals surface area (Å²) >= 11 is 5.42. The number of imidazole rings is 1. The van der Waals surface area contributed by atoms with E-state index in [2.05, 4.69) is 9.97 Å². The molecule has 0 fully saturated rings. The van der Waals surface area contributed by atoms with Crippen LogP contribution in [0.2, 0.25) is 0 Å². The van der Waals surface area contributed by atoms with Crippen LogP contribution in [0.1, 0.15) is 11.1 Å². The molecule has 3 heterocycles. The lowest BCUT2D eigenvalue weighted by Crippen LogP contribution is -2.01. The number of fused-ring (bicyclic) bond motifs is 2. The van der Waals surface area contributed by atoms with Crippen LogP contribution in [0.3, 0.4) is 0 Å². The van der Waals surface area contributed by atoms with Crippen molar-refractivity contribution < 1.29 is 9.47 Å². The molecule has 4 rings (SSSR count). The number of aromatic nitrogens is 3. The third-order valence-electron chi connectivity index (χ3n) is 3.65. The van der Waals surface area contributed by atoms with Gasteiger partial charge in [-0.05, 0) is 48.5 Å². The molecule has 0 radical (unpaired) electrons. The molecule has 6 heteroatoms. The van der Waals surface area contributed by atoms with E-state index in [4.69, 9.17) is 21.7 Å². The van der Waals surface area contributed by atoms with Gasteiger partial charge in [-0.1, -0.05) is 6.07 Å². The largest absolute Gasteiger partial charge is 0.454 e. The van der Waals surface area contributed by atoms with Crippen molar-refractivity contribution in [3.8, 4) is 11.5 Å². The highest BCUT2D eigenvalue weighted by molar-refractivity contribution is 7.71. The second-order valence-electron chi connectivity index (χ2n) is 5.03. The first-order valence-electron chi connectivity index (χ1n) is 6.65. The standard InChI is InChI=1S/C15H13N3O2S/c1-9-4-5-16-14-13(9)17-15(21)18(14)7-10-2-3-11-12(6-10)20-8-19-11/h2-6H,7-8H2,1H3,(H,17,21). The van der Waals surface area contributed by atoms with Crippen molar-refractivity contribution in [2.75, 3.05) is 6.79 Å². The molecule has 0 bridgehead atoms. The average Bonchev–Trinajstić information content (AvgIpc) is 3.05. The van der Waals surface area contributed by atoms with Gasteiger partial charge in [-0.2, -0.15) is 0 Å². The maximum absolute atomic E-state index is 5.42. The first-order valence-corrected chi connectivity index (χ1v) is 7.06. The van der Waals surface area contributed by atoms with Crippen LogP contribution in [0.4, 0.5) is 0 Å². The van der Waals surface area contributed by atoms with Crippen molar-refractivity contribution in [1.82, 2.24) is 14.5 Å². The van der Waals surface area contributed by atoms with Gasteiger partial charge in [-0.3, -0.25) is 4.57 Å². The smallest absolute Gasteiger partial charge is 0.231 e. The summed E-state index contributed by atoms with van der Waals surface area (Å²) < 4.78 is 13.4. The number of aryl methyl sites for hydroxylation is 1. The number of hydrogen-bond donors (Lipinski definition) is 1. The summed E-state index contributed by atoms with van der Waals surface area (Å²) in [6, 6.07) is 7.90. The number of pyridine rings is 1. The zero-order valence-electron chi connectivity index (χ0n) is 11.4. The molecule has 0 aliphatic carbocycles. The summed E-state index contributed by atoms with van der Waals surface area (Å²) in [5.41, 5.74) is 4.09. The Bertz CT molecular complexity index is 898. The van der Waals surface area contributed by atoms with Gasteiger partial charge in [-0.25, -0.2) is 4.98 Å². The summed E-state index contributed by atoms with van der Waals surface area (Å²) in [7, 11) is 0. The zero-order chi connectivity index (χ0) is 14.4. The van der Waals surface area contributed by atoms with Gasteiger partial charge >= 0.3 is 0 Å². The first kappa shape index (κ1) is 12.4. The van der Waals surface area contributed by atoms with E-state index < -0.39 is 0 Å². The number of rotatable bonds is 2. The van der Waals surface area contributed by atoms with Gasteiger partial charge in [0.1, 0.15) is 0 Å². The van der Waals surface area contributed by atoms with Crippen molar-refractivity contribution in [2.24, 2.45) is 0 Å². The van der Waals surface area contributed by atoms with E-state index in [-0.39, 0.29) is 6.79 Å². The quantitative estimate of drug-likeness (QED) is 0.738. The van der Waals surface area contributed by atoms with Crippen LogP contribution >= 0.6 is 12.2 Å². The molecule has 1 aromatic carbocycles. The number of nitrogens with zero attached hydrogens (tertiary/aromatic N) is 2. The normalized spacial score (nSPS) is 13.0. The number of hydrogen-bond acceptors (Lipinski definition) is 4. The van der Waals surface area contributed by atoms with Gasteiger partial charge in [-0.15, -0.1) is 0 Å². The third kappa shape index (κ3) is 1.99. The Morgan fingerprint density at radius 2 is 2.14 bits per heavy atom. The summed E-state index contributed by atoms with van der Waals surface area (Å²) in [5.74, 6) is 1.57. The predicted octanol–water partition coefficient (Wildman–Crippen LogP) is 3.18. The van der Waals surface area contributed by atoms with E-state index >= 15 is 0 Å². The molecule has 1 N–H and O–H groups in total. The number of ether oxygens (including phenoxy) is 2. The summed E-state index contributed by atoms with van der Waals surface area (Å²) in [6.45, 7) is 2.97. The Kier molecular flexibility index (Phi) is 2.71. The molecule has 1 aliphatic rings. The van der Waals surface area contributed by atoms with Crippen molar-refractivity contribution in [3.05, 3.63) is 46.4 Å². The van der Waals surface area contributed by atoms with E-state index in [0.717, 1.165) is 33.8 Å². The van der Waals surface area contributed by atoms with Gasteiger partial charge in [0.15, 0.2) is 21.9 Å². The molecule has 3 aromatic rings. The molecule has 2 aromatic heterocycles. The highest BCUT2D eigenvalue weighted by atomic mass is 32.1. The second kappa shape index (κ2) is 4.60. The average molecular weight is 299 g/mol. The second-order valence-corrected chi connectivity index (χ2v) is 5.42. The Hall–Kier alpha value is -2.34. The molecule has 0 spiro atoms. The highest BCUT2D eigenvalue weighted by Crippen LogP contribution is 2.32. The lowest BCUT2D eigenvalue weighted by atomic mass is 10.2. The number of aromatic amines is 1. The van der Waals surface area contributed by atoms with Crippen LogP contribution in [0, 0.1) is 11.7 Å². The zero-order valence-corrected chi connectivity index (χ0v) is 12.2. The minimum Gasteiger partial charge on any atom is -0.454 e. The van der Waals surface area contributed by atoms with Crippen LogP contribution in [0.15, 0.2) is 30.5 Å². The molecule has 21 heavy (non-hydrogen) atoms. The van der Waals surface area contributed by atoms with E-state index in [1.165, 1.54) is 0 Å². The molecular weight excluding hydrogens is 286 g/mol. The molecule has 0 saturated heterocycles. The summed E-state index contributed by atoms with van der Waals surface area (Å²) in [6.07, 6.45) is 1.80. The molecule has 5 nitrogen and oxygen atoms in total. The van der Waals surface area contributed by atoms with E-state index in [1.807, 2.05) is 35.8 Å². The molecule has 1 aliphatic heterocycles. The minimum atomic E-state index is 0.284. The Balaban J connectivity index is 1.79.